The maximum Gasteiger partial charge on any atom is 0.237 e. The lowest BCUT2D eigenvalue weighted by Gasteiger charge is -2.33. The summed E-state index contributed by atoms with van der Waals surface area (Å²) in [6.45, 7) is 7.38. The highest BCUT2D eigenvalue weighted by molar-refractivity contribution is 7.71. The van der Waals surface area contributed by atoms with Crippen LogP contribution in [-0.2, 0) is 17.8 Å². The van der Waals surface area contributed by atoms with Crippen LogP contribution in [0.5, 0.6) is 0 Å². The summed E-state index contributed by atoms with van der Waals surface area (Å²) in [5, 5.41) is 10.0. The molecule has 2 N–H and O–H groups in total. The van der Waals surface area contributed by atoms with E-state index in [0.29, 0.717) is 17.9 Å². The fourth-order valence-corrected chi connectivity index (χ4v) is 3.17. The Bertz CT molecular complexity index is 524. The maximum atomic E-state index is 12.3. The summed E-state index contributed by atoms with van der Waals surface area (Å²) in [6.07, 6.45) is 4.13. The molecule has 1 aliphatic heterocycles. The second kappa shape index (κ2) is 7.70. The molecule has 0 unspecified atom stereocenters. The van der Waals surface area contributed by atoms with Crippen molar-refractivity contribution in [1.82, 2.24) is 25.0 Å². The lowest BCUT2D eigenvalue weighted by atomic mass is 10.0. The molecule has 0 aromatic carbocycles. The lowest BCUT2D eigenvalue weighted by molar-refractivity contribution is -0.127. The van der Waals surface area contributed by atoms with Gasteiger partial charge in [0.1, 0.15) is 5.82 Å². The van der Waals surface area contributed by atoms with Crippen molar-refractivity contribution in [3.05, 3.63) is 10.6 Å². The number of carbonyl (C=O) groups is 1. The summed E-state index contributed by atoms with van der Waals surface area (Å²) < 4.78 is 2.57. The van der Waals surface area contributed by atoms with Crippen LogP contribution in [-0.4, -0.2) is 51.2 Å². The third-order valence-electron chi connectivity index (χ3n) is 4.11. The van der Waals surface area contributed by atoms with Crippen LogP contribution >= 0.6 is 12.2 Å². The first-order valence-corrected chi connectivity index (χ1v) is 8.24. The van der Waals surface area contributed by atoms with Crippen molar-refractivity contribution in [2.45, 2.75) is 52.1 Å². The van der Waals surface area contributed by atoms with Crippen LogP contribution in [0.4, 0.5) is 0 Å². The Morgan fingerprint density at radius 2 is 2.29 bits per heavy atom. The number of carbonyl (C=O) groups excluding carboxylic acids is 1. The first-order valence-electron chi connectivity index (χ1n) is 7.83. The minimum Gasteiger partial charge on any atom is -0.353 e. The van der Waals surface area contributed by atoms with E-state index < -0.39 is 0 Å². The van der Waals surface area contributed by atoms with Gasteiger partial charge in [-0.05, 0) is 38.1 Å². The van der Waals surface area contributed by atoms with Crippen LogP contribution in [0.25, 0.3) is 0 Å². The second-order valence-corrected chi connectivity index (χ2v) is 5.77. The van der Waals surface area contributed by atoms with E-state index in [9.17, 15) is 4.79 Å². The number of hydrogen-bond acceptors (Lipinski definition) is 4. The van der Waals surface area contributed by atoms with E-state index in [2.05, 4.69) is 27.3 Å². The SMILES string of the molecule is CCc1n[nH]c(=S)n1CCNC(=O)[C@H]1CCCCN1CC. The van der Waals surface area contributed by atoms with E-state index in [1.165, 1.54) is 6.42 Å². The molecule has 0 bridgehead atoms. The molecule has 1 amide bonds. The number of nitrogens with zero attached hydrogens (tertiary/aromatic N) is 3. The molecule has 21 heavy (non-hydrogen) atoms. The Morgan fingerprint density at radius 1 is 1.48 bits per heavy atom. The monoisotopic (exact) mass is 311 g/mol. The molecule has 1 aliphatic rings. The molecule has 6 nitrogen and oxygen atoms in total. The highest BCUT2D eigenvalue weighted by atomic mass is 32.1. The maximum absolute atomic E-state index is 12.3. The van der Waals surface area contributed by atoms with Crippen LogP contribution < -0.4 is 5.32 Å². The highest BCUT2D eigenvalue weighted by Gasteiger charge is 2.26. The minimum atomic E-state index is 0.0340. The van der Waals surface area contributed by atoms with E-state index in [1.54, 1.807) is 0 Å². The number of rotatable bonds is 6. The standard InChI is InChI=1S/C14H25N5OS/c1-3-12-16-17-14(21)19(12)10-8-15-13(20)11-7-5-6-9-18(11)4-2/h11H,3-10H2,1-2H3,(H,15,20)(H,17,21)/t11-/m1/s1. The van der Waals surface area contributed by atoms with Gasteiger partial charge in [0.25, 0.3) is 0 Å². The van der Waals surface area contributed by atoms with E-state index in [1.807, 2.05) is 11.5 Å². The largest absolute Gasteiger partial charge is 0.353 e. The lowest BCUT2D eigenvalue weighted by Crippen LogP contribution is -2.49. The molecule has 1 aromatic rings. The molecule has 1 fully saturated rings. The van der Waals surface area contributed by atoms with Gasteiger partial charge in [-0.3, -0.25) is 14.8 Å². The first-order chi connectivity index (χ1) is 10.2. The van der Waals surface area contributed by atoms with Crippen LogP contribution in [0.1, 0.15) is 38.9 Å². The Morgan fingerprint density at radius 3 is 3.00 bits per heavy atom. The summed E-state index contributed by atoms with van der Waals surface area (Å²) in [5.41, 5.74) is 0. The number of hydrogen-bond donors (Lipinski definition) is 2. The third kappa shape index (κ3) is 3.91. The van der Waals surface area contributed by atoms with Crippen molar-refractivity contribution in [3.63, 3.8) is 0 Å². The van der Waals surface area contributed by atoms with E-state index in [4.69, 9.17) is 12.2 Å². The van der Waals surface area contributed by atoms with Crippen molar-refractivity contribution in [1.29, 1.82) is 0 Å². The zero-order valence-electron chi connectivity index (χ0n) is 12.9. The van der Waals surface area contributed by atoms with Crippen LogP contribution in [0.15, 0.2) is 0 Å². The van der Waals surface area contributed by atoms with Crippen molar-refractivity contribution in [2.75, 3.05) is 19.6 Å². The van der Waals surface area contributed by atoms with Crippen molar-refractivity contribution in [2.24, 2.45) is 0 Å². The third-order valence-corrected chi connectivity index (χ3v) is 4.42. The molecule has 1 saturated heterocycles. The predicted molar refractivity (Wildman–Crippen MR) is 84.7 cm³/mol. The highest BCUT2D eigenvalue weighted by Crippen LogP contribution is 2.16. The smallest absolute Gasteiger partial charge is 0.237 e. The van der Waals surface area contributed by atoms with Crippen LogP contribution in [0.3, 0.4) is 0 Å². The number of likely N-dealkylation sites (tertiary alicyclic amines) is 1. The molecule has 0 saturated carbocycles. The molecule has 2 rings (SSSR count). The average Bonchev–Trinajstić information content (AvgIpc) is 2.87. The Kier molecular flexibility index (Phi) is 5.93. The molecule has 0 spiro atoms. The molecule has 2 heterocycles. The number of amides is 1. The van der Waals surface area contributed by atoms with Gasteiger partial charge in [0.05, 0.1) is 6.04 Å². The molecule has 7 heteroatoms. The average molecular weight is 311 g/mol. The molecule has 0 radical (unpaired) electrons. The number of aryl methyl sites for hydroxylation is 1. The van der Waals surface area contributed by atoms with Crippen molar-refractivity contribution < 1.29 is 4.79 Å². The fourth-order valence-electron chi connectivity index (χ4n) is 2.93. The summed E-state index contributed by atoms with van der Waals surface area (Å²) in [7, 11) is 0. The summed E-state index contributed by atoms with van der Waals surface area (Å²) in [4.78, 5) is 14.6. The van der Waals surface area contributed by atoms with E-state index >= 15 is 0 Å². The minimum absolute atomic E-state index is 0.0340. The Hall–Kier alpha value is -1.21. The second-order valence-electron chi connectivity index (χ2n) is 5.38. The van der Waals surface area contributed by atoms with Gasteiger partial charge in [0, 0.05) is 19.5 Å². The fraction of sp³-hybridized carbons (Fsp3) is 0.786. The van der Waals surface area contributed by atoms with Crippen molar-refractivity contribution in [3.8, 4) is 0 Å². The first kappa shape index (κ1) is 16.2. The van der Waals surface area contributed by atoms with Gasteiger partial charge >= 0.3 is 0 Å². The van der Waals surface area contributed by atoms with Crippen LogP contribution in [0, 0.1) is 4.77 Å². The number of likely N-dealkylation sites (N-methyl/N-ethyl adjacent to an activating group) is 1. The Balaban J connectivity index is 1.86. The van der Waals surface area contributed by atoms with Gasteiger partial charge in [-0.15, -0.1) is 0 Å². The van der Waals surface area contributed by atoms with E-state index in [-0.39, 0.29) is 11.9 Å². The van der Waals surface area contributed by atoms with Gasteiger partial charge in [0.15, 0.2) is 4.77 Å². The summed E-state index contributed by atoms with van der Waals surface area (Å²) in [5.74, 6) is 1.08. The molecular formula is C14H25N5OS. The number of aromatic amines is 1. The number of H-pyrrole nitrogens is 1. The molecule has 0 aliphatic carbocycles. The van der Waals surface area contributed by atoms with Crippen LogP contribution in [0.2, 0.25) is 0 Å². The van der Waals surface area contributed by atoms with Crippen molar-refractivity contribution >= 4 is 18.1 Å². The molecular weight excluding hydrogens is 286 g/mol. The quantitative estimate of drug-likeness (QED) is 0.781. The zero-order chi connectivity index (χ0) is 15.2. The predicted octanol–water partition coefficient (Wildman–Crippen LogP) is 1.49. The topological polar surface area (TPSA) is 66.0 Å². The number of piperidine rings is 1. The normalized spacial score (nSPS) is 19.6. The van der Waals surface area contributed by atoms with E-state index in [0.717, 1.165) is 38.2 Å². The Labute approximate surface area is 130 Å². The number of nitrogens with one attached hydrogen (secondary N) is 2. The molecule has 1 atom stereocenters. The van der Waals surface area contributed by atoms with Gasteiger partial charge in [0.2, 0.25) is 5.91 Å². The molecule has 118 valence electrons. The van der Waals surface area contributed by atoms with Gasteiger partial charge in [-0.1, -0.05) is 20.3 Å². The van der Waals surface area contributed by atoms with Gasteiger partial charge in [-0.25, -0.2) is 0 Å². The number of aromatic nitrogens is 3. The summed E-state index contributed by atoms with van der Waals surface area (Å²) >= 11 is 5.20. The van der Waals surface area contributed by atoms with Gasteiger partial charge in [-0.2, -0.15) is 5.10 Å². The zero-order valence-corrected chi connectivity index (χ0v) is 13.7. The molecule has 1 aromatic heterocycles. The summed E-state index contributed by atoms with van der Waals surface area (Å²) in [6, 6.07) is 0.0340. The van der Waals surface area contributed by atoms with Gasteiger partial charge < -0.3 is 9.88 Å².